The zero-order valence-corrected chi connectivity index (χ0v) is 15.9. The topological polar surface area (TPSA) is 142 Å². The number of carbonyl (C=O) groups is 2. The van der Waals surface area contributed by atoms with Gasteiger partial charge in [-0.1, -0.05) is 0 Å². The van der Waals surface area contributed by atoms with E-state index in [2.05, 4.69) is 5.32 Å². The predicted octanol–water partition coefficient (Wildman–Crippen LogP) is 3.03. The number of nitro benzene ring substituents is 2. The van der Waals surface area contributed by atoms with Gasteiger partial charge in [0.05, 0.1) is 34.0 Å². The standard InChI is InChI=1S/C19H19N3O7/c1-3-29-19(24)16-10(2)20-13-5-4-6-15(23)18(13)17(16)12-8-7-11(21(25)26)9-14(12)22(27)28/h7-9,17,20H,3-6H2,1-2H3. The molecule has 10 nitrogen and oxygen atoms in total. The summed E-state index contributed by atoms with van der Waals surface area (Å²) in [5.74, 6) is -1.94. The van der Waals surface area contributed by atoms with E-state index in [-0.39, 0.29) is 35.5 Å². The molecule has 1 aliphatic carbocycles. The summed E-state index contributed by atoms with van der Waals surface area (Å²) in [4.78, 5) is 46.8. The lowest BCUT2D eigenvalue weighted by atomic mass is 9.74. The Balaban J connectivity index is 2.28. The highest BCUT2D eigenvalue weighted by Gasteiger charge is 2.42. The van der Waals surface area contributed by atoms with Gasteiger partial charge >= 0.3 is 5.97 Å². The molecule has 0 radical (unpaired) electrons. The van der Waals surface area contributed by atoms with Crippen molar-refractivity contribution in [3.8, 4) is 0 Å². The molecule has 1 aromatic rings. The predicted molar refractivity (Wildman–Crippen MR) is 101 cm³/mol. The second-order valence-electron chi connectivity index (χ2n) is 6.74. The summed E-state index contributed by atoms with van der Waals surface area (Å²) in [6.07, 6.45) is 1.44. The van der Waals surface area contributed by atoms with Crippen LogP contribution < -0.4 is 5.32 Å². The highest BCUT2D eigenvalue weighted by atomic mass is 16.6. The van der Waals surface area contributed by atoms with Crippen LogP contribution >= 0.6 is 0 Å². The van der Waals surface area contributed by atoms with Crippen molar-refractivity contribution in [2.75, 3.05) is 6.61 Å². The average molecular weight is 401 g/mol. The fraction of sp³-hybridized carbons (Fsp3) is 0.368. The van der Waals surface area contributed by atoms with Crippen molar-refractivity contribution in [3.63, 3.8) is 0 Å². The van der Waals surface area contributed by atoms with Crippen LogP contribution in [-0.4, -0.2) is 28.2 Å². The summed E-state index contributed by atoms with van der Waals surface area (Å²) < 4.78 is 5.13. The molecular weight excluding hydrogens is 382 g/mol. The number of nitrogens with one attached hydrogen (secondary N) is 1. The highest BCUT2D eigenvalue weighted by Crippen LogP contribution is 2.45. The number of allylic oxidation sites excluding steroid dienone is 3. The molecule has 0 aromatic heterocycles. The van der Waals surface area contributed by atoms with Crippen LogP contribution in [0.4, 0.5) is 11.4 Å². The van der Waals surface area contributed by atoms with Crippen molar-refractivity contribution < 1.29 is 24.2 Å². The number of benzene rings is 1. The maximum absolute atomic E-state index is 12.8. The number of nitro groups is 2. The van der Waals surface area contributed by atoms with Gasteiger partial charge in [-0.2, -0.15) is 0 Å². The Morgan fingerprint density at radius 3 is 2.59 bits per heavy atom. The Kier molecular flexibility index (Phi) is 5.44. The smallest absolute Gasteiger partial charge is 0.336 e. The number of non-ortho nitro benzene ring substituents is 1. The van der Waals surface area contributed by atoms with E-state index in [1.54, 1.807) is 13.8 Å². The molecule has 1 unspecified atom stereocenters. The molecule has 1 aromatic carbocycles. The Hall–Kier alpha value is -3.56. The van der Waals surface area contributed by atoms with Crippen molar-refractivity contribution in [1.82, 2.24) is 5.32 Å². The summed E-state index contributed by atoms with van der Waals surface area (Å²) in [5, 5.41) is 25.9. The number of ether oxygens (including phenoxy) is 1. The number of hydrogen-bond acceptors (Lipinski definition) is 8. The largest absolute Gasteiger partial charge is 0.463 e. The maximum atomic E-state index is 12.8. The molecule has 0 saturated carbocycles. The summed E-state index contributed by atoms with van der Waals surface area (Å²) in [6, 6.07) is 3.23. The second kappa shape index (κ2) is 7.82. The van der Waals surface area contributed by atoms with Gasteiger partial charge in [0.1, 0.15) is 0 Å². The van der Waals surface area contributed by atoms with E-state index < -0.39 is 33.1 Å². The van der Waals surface area contributed by atoms with Crippen molar-refractivity contribution in [3.05, 3.63) is 66.5 Å². The summed E-state index contributed by atoms with van der Waals surface area (Å²) in [5.41, 5.74) is 0.508. The zero-order valence-electron chi connectivity index (χ0n) is 15.9. The third-order valence-electron chi connectivity index (χ3n) is 5.00. The van der Waals surface area contributed by atoms with Crippen LogP contribution in [-0.2, 0) is 14.3 Å². The minimum Gasteiger partial charge on any atom is -0.463 e. The summed E-state index contributed by atoms with van der Waals surface area (Å²) >= 11 is 0. The molecule has 10 heteroatoms. The number of Topliss-reactive ketones (excluding diaryl/α,β-unsaturated/α-hetero) is 1. The van der Waals surface area contributed by atoms with Gasteiger partial charge in [0.2, 0.25) is 0 Å². The molecule has 0 spiro atoms. The van der Waals surface area contributed by atoms with Crippen LogP contribution in [0.1, 0.15) is 44.6 Å². The summed E-state index contributed by atoms with van der Waals surface area (Å²) in [7, 11) is 0. The third kappa shape index (κ3) is 3.60. The lowest BCUT2D eigenvalue weighted by Gasteiger charge is -2.33. The molecular formula is C19H19N3O7. The monoisotopic (exact) mass is 401 g/mol. The van der Waals surface area contributed by atoms with Crippen LogP contribution in [0.5, 0.6) is 0 Å². The molecule has 1 atom stereocenters. The molecule has 3 rings (SSSR count). The van der Waals surface area contributed by atoms with Gasteiger partial charge in [0.25, 0.3) is 11.4 Å². The Bertz CT molecular complexity index is 994. The average Bonchev–Trinajstić information content (AvgIpc) is 2.66. The van der Waals surface area contributed by atoms with Gasteiger partial charge < -0.3 is 10.1 Å². The van der Waals surface area contributed by atoms with Gasteiger partial charge in [-0.05, 0) is 32.8 Å². The molecule has 2 aliphatic rings. The fourth-order valence-electron chi connectivity index (χ4n) is 3.82. The van der Waals surface area contributed by atoms with E-state index in [9.17, 15) is 29.8 Å². The van der Waals surface area contributed by atoms with E-state index in [1.807, 2.05) is 0 Å². The van der Waals surface area contributed by atoms with Crippen LogP contribution in [0.2, 0.25) is 0 Å². The van der Waals surface area contributed by atoms with Crippen LogP contribution in [0.3, 0.4) is 0 Å². The molecule has 0 amide bonds. The Morgan fingerprint density at radius 1 is 1.24 bits per heavy atom. The van der Waals surface area contributed by atoms with E-state index in [0.717, 1.165) is 12.1 Å². The van der Waals surface area contributed by atoms with Crippen molar-refractivity contribution in [1.29, 1.82) is 0 Å². The molecule has 1 heterocycles. The minimum atomic E-state index is -1.03. The van der Waals surface area contributed by atoms with E-state index in [4.69, 9.17) is 4.74 Å². The first kappa shape index (κ1) is 20.2. The molecule has 0 bridgehead atoms. The van der Waals surface area contributed by atoms with Gasteiger partial charge in [-0.15, -0.1) is 0 Å². The van der Waals surface area contributed by atoms with Gasteiger partial charge in [-0.3, -0.25) is 25.0 Å². The van der Waals surface area contributed by atoms with Crippen LogP contribution in [0.25, 0.3) is 0 Å². The first-order valence-corrected chi connectivity index (χ1v) is 9.10. The number of carbonyl (C=O) groups excluding carboxylic acids is 2. The van der Waals surface area contributed by atoms with Gasteiger partial charge in [-0.25, -0.2) is 4.79 Å². The minimum absolute atomic E-state index is 0.0484. The molecule has 0 fully saturated rings. The number of dihydropyridines is 1. The quantitative estimate of drug-likeness (QED) is 0.451. The number of nitrogens with zero attached hydrogens (tertiary/aromatic N) is 2. The number of ketones is 1. The van der Waals surface area contributed by atoms with E-state index in [0.29, 0.717) is 24.2 Å². The molecule has 29 heavy (non-hydrogen) atoms. The molecule has 0 saturated heterocycles. The van der Waals surface area contributed by atoms with Crippen LogP contribution in [0, 0.1) is 20.2 Å². The number of rotatable bonds is 5. The number of hydrogen-bond donors (Lipinski definition) is 1. The van der Waals surface area contributed by atoms with Crippen molar-refractivity contribution >= 4 is 23.1 Å². The first-order chi connectivity index (χ1) is 13.8. The maximum Gasteiger partial charge on any atom is 0.336 e. The summed E-state index contributed by atoms with van der Waals surface area (Å²) in [6.45, 7) is 3.35. The van der Waals surface area contributed by atoms with Crippen LogP contribution in [0.15, 0.2) is 40.7 Å². The highest BCUT2D eigenvalue weighted by molar-refractivity contribution is 6.04. The van der Waals surface area contributed by atoms with Gasteiger partial charge in [0, 0.05) is 35.0 Å². The molecule has 152 valence electrons. The van der Waals surface area contributed by atoms with Crippen molar-refractivity contribution in [2.45, 2.75) is 39.0 Å². The molecule has 1 aliphatic heterocycles. The fourth-order valence-corrected chi connectivity index (χ4v) is 3.82. The SMILES string of the molecule is CCOC(=O)C1=C(C)NC2=C(C(=O)CCC2)C1c1ccc([N+](=O)[O-])cc1[N+](=O)[O-]. The normalized spacial score (nSPS) is 18.8. The molecule has 1 N–H and O–H groups in total. The van der Waals surface area contributed by atoms with E-state index >= 15 is 0 Å². The number of esters is 1. The second-order valence-corrected chi connectivity index (χ2v) is 6.74. The zero-order chi connectivity index (χ0) is 21.3. The third-order valence-corrected chi connectivity index (χ3v) is 5.00. The van der Waals surface area contributed by atoms with E-state index in [1.165, 1.54) is 6.07 Å². The lowest BCUT2D eigenvalue weighted by Crippen LogP contribution is -2.34. The lowest BCUT2D eigenvalue weighted by molar-refractivity contribution is -0.394. The van der Waals surface area contributed by atoms with Crippen molar-refractivity contribution in [2.24, 2.45) is 0 Å². The Labute approximate surface area is 165 Å². The Morgan fingerprint density at radius 2 is 1.97 bits per heavy atom. The van der Waals surface area contributed by atoms with Gasteiger partial charge in [0.15, 0.2) is 5.78 Å². The first-order valence-electron chi connectivity index (χ1n) is 9.10.